The lowest BCUT2D eigenvalue weighted by Gasteiger charge is -2.05. The van der Waals surface area contributed by atoms with Gasteiger partial charge in [-0.2, -0.15) is 0 Å². The smallest absolute Gasteiger partial charge is 0.224 e. The maximum Gasteiger partial charge on any atom is 0.224 e. The van der Waals surface area contributed by atoms with Crippen LogP contribution in [0.1, 0.15) is 23.2 Å². The Morgan fingerprint density at radius 3 is 2.33 bits per heavy atom. The van der Waals surface area contributed by atoms with Crippen molar-refractivity contribution in [3.8, 4) is 0 Å². The Hall–Kier alpha value is -2.14. The predicted octanol–water partition coefficient (Wildman–Crippen LogP) is 3.41. The molecular weight excluding hydrogens is 284 g/mol. The zero-order valence-electron chi connectivity index (χ0n) is 11.7. The summed E-state index contributed by atoms with van der Waals surface area (Å²) < 4.78 is 0. The lowest BCUT2D eigenvalue weighted by molar-refractivity contribution is -0.116. The second-order valence-electron chi connectivity index (χ2n) is 4.44. The molecule has 0 bridgehead atoms. The van der Waals surface area contributed by atoms with E-state index in [-0.39, 0.29) is 24.5 Å². The number of benzene rings is 1. The first kappa shape index (κ1) is 15.3. The molecule has 0 spiro atoms. The van der Waals surface area contributed by atoms with Crippen molar-refractivity contribution in [2.24, 2.45) is 0 Å². The fourth-order valence-corrected chi connectivity index (χ4v) is 2.22. The Balaban J connectivity index is 1.84. The minimum absolute atomic E-state index is 0.0208. The van der Waals surface area contributed by atoms with E-state index in [0.29, 0.717) is 11.3 Å². The zero-order chi connectivity index (χ0) is 15.1. The normalized spacial score (nSPS) is 10.1. The third-order valence-corrected chi connectivity index (χ3v) is 3.70. The summed E-state index contributed by atoms with van der Waals surface area (Å²) in [5.74, 6) is -0.192. The maximum absolute atomic E-state index is 12.0. The minimum Gasteiger partial charge on any atom is -0.326 e. The van der Waals surface area contributed by atoms with Crippen LogP contribution in [0.5, 0.6) is 0 Å². The van der Waals surface area contributed by atoms with E-state index in [2.05, 4.69) is 10.3 Å². The molecule has 4 nitrogen and oxygen atoms in total. The number of thioether (sulfide) groups is 1. The quantitative estimate of drug-likeness (QED) is 0.656. The third-order valence-electron chi connectivity index (χ3n) is 2.96. The van der Waals surface area contributed by atoms with Gasteiger partial charge in [0.1, 0.15) is 0 Å². The molecule has 0 fully saturated rings. The Kier molecular flexibility index (Phi) is 5.51. The number of Topliss-reactive ketones (excluding diaryl/α,β-unsaturated/α-hetero) is 1. The molecule has 21 heavy (non-hydrogen) atoms. The van der Waals surface area contributed by atoms with Gasteiger partial charge in [0.25, 0.3) is 0 Å². The van der Waals surface area contributed by atoms with Gasteiger partial charge >= 0.3 is 0 Å². The number of hydrogen-bond donors (Lipinski definition) is 1. The summed E-state index contributed by atoms with van der Waals surface area (Å²) in [6, 6.07) is 10.8. The van der Waals surface area contributed by atoms with E-state index in [1.54, 1.807) is 48.4 Å². The molecule has 1 heterocycles. The second-order valence-corrected chi connectivity index (χ2v) is 5.32. The number of amides is 1. The molecule has 0 radical (unpaired) electrons. The molecule has 0 aliphatic rings. The number of hydrogen-bond acceptors (Lipinski definition) is 4. The fraction of sp³-hybridized carbons (Fsp3) is 0.188. The van der Waals surface area contributed by atoms with Crippen LogP contribution < -0.4 is 5.32 Å². The van der Waals surface area contributed by atoms with E-state index < -0.39 is 0 Å². The molecule has 0 saturated heterocycles. The molecule has 1 aromatic heterocycles. The molecular formula is C16H16N2O2S. The van der Waals surface area contributed by atoms with Crippen molar-refractivity contribution < 1.29 is 9.59 Å². The van der Waals surface area contributed by atoms with Gasteiger partial charge in [-0.1, -0.05) is 12.1 Å². The summed E-state index contributed by atoms with van der Waals surface area (Å²) in [7, 11) is 0. The number of aromatic nitrogens is 1. The zero-order valence-corrected chi connectivity index (χ0v) is 12.5. The second kappa shape index (κ2) is 7.59. The molecule has 1 aromatic carbocycles. The predicted molar refractivity (Wildman–Crippen MR) is 84.7 cm³/mol. The van der Waals surface area contributed by atoms with Crippen molar-refractivity contribution in [3.63, 3.8) is 0 Å². The Morgan fingerprint density at radius 2 is 1.71 bits per heavy atom. The summed E-state index contributed by atoms with van der Waals surface area (Å²) in [6.45, 7) is 0. The number of rotatable bonds is 6. The number of nitrogens with zero attached hydrogens (tertiary/aromatic N) is 1. The monoisotopic (exact) mass is 300 g/mol. The van der Waals surface area contributed by atoms with Crippen molar-refractivity contribution >= 4 is 29.1 Å². The van der Waals surface area contributed by atoms with E-state index in [4.69, 9.17) is 0 Å². The molecule has 2 rings (SSSR count). The van der Waals surface area contributed by atoms with Gasteiger partial charge in [0.2, 0.25) is 5.91 Å². The molecule has 5 heteroatoms. The number of anilines is 1. The van der Waals surface area contributed by atoms with Crippen molar-refractivity contribution in [2.75, 3.05) is 11.6 Å². The Morgan fingerprint density at radius 1 is 1.05 bits per heavy atom. The summed E-state index contributed by atoms with van der Waals surface area (Å²) in [6.07, 6.45) is 5.57. The molecule has 0 atom stereocenters. The van der Waals surface area contributed by atoms with Crippen LogP contribution >= 0.6 is 11.8 Å². The summed E-state index contributed by atoms with van der Waals surface area (Å²) in [5.41, 5.74) is 1.33. The lowest BCUT2D eigenvalue weighted by Crippen LogP contribution is -2.13. The highest BCUT2D eigenvalue weighted by atomic mass is 32.2. The first-order chi connectivity index (χ1) is 10.2. The summed E-state index contributed by atoms with van der Waals surface area (Å²) in [5, 5.41) is 2.73. The number of pyridine rings is 1. The van der Waals surface area contributed by atoms with Gasteiger partial charge in [0.05, 0.1) is 0 Å². The van der Waals surface area contributed by atoms with E-state index in [0.717, 1.165) is 4.90 Å². The van der Waals surface area contributed by atoms with Crippen molar-refractivity contribution in [3.05, 3.63) is 54.4 Å². The number of carbonyl (C=O) groups is 2. The Bertz CT molecular complexity index is 612. The molecule has 108 valence electrons. The summed E-state index contributed by atoms with van der Waals surface area (Å²) >= 11 is 1.63. The van der Waals surface area contributed by atoms with Crippen LogP contribution in [-0.4, -0.2) is 22.9 Å². The molecule has 0 aliphatic heterocycles. The van der Waals surface area contributed by atoms with Crippen LogP contribution in [-0.2, 0) is 4.79 Å². The SMILES string of the molecule is CSc1ccc(C(=O)CCC(=O)Nc2ccncc2)cc1. The first-order valence-corrected chi connectivity index (χ1v) is 7.78. The third kappa shape index (κ3) is 4.72. The van der Waals surface area contributed by atoms with Gasteiger partial charge in [0, 0.05) is 41.4 Å². The van der Waals surface area contributed by atoms with Crippen molar-refractivity contribution in [1.29, 1.82) is 0 Å². The molecule has 1 N–H and O–H groups in total. The van der Waals surface area contributed by atoms with Gasteiger partial charge in [-0.05, 0) is 30.5 Å². The number of carbonyl (C=O) groups excluding carboxylic acids is 2. The van der Waals surface area contributed by atoms with E-state index in [1.807, 2.05) is 18.4 Å². The Labute approximate surface area is 128 Å². The average molecular weight is 300 g/mol. The van der Waals surface area contributed by atoms with Crippen molar-refractivity contribution in [1.82, 2.24) is 4.98 Å². The summed E-state index contributed by atoms with van der Waals surface area (Å²) in [4.78, 5) is 28.8. The van der Waals surface area contributed by atoms with Crippen LogP contribution in [0.15, 0.2) is 53.7 Å². The molecule has 0 saturated carbocycles. The highest BCUT2D eigenvalue weighted by Crippen LogP contribution is 2.16. The van der Waals surface area contributed by atoms with Crippen LogP contribution in [0.2, 0.25) is 0 Å². The number of nitrogens with one attached hydrogen (secondary N) is 1. The topological polar surface area (TPSA) is 59.1 Å². The molecule has 0 unspecified atom stereocenters. The standard InChI is InChI=1S/C16H16N2O2S/c1-21-14-4-2-12(3-5-14)15(19)6-7-16(20)18-13-8-10-17-11-9-13/h2-5,8-11H,6-7H2,1H3,(H,17,18,20). The average Bonchev–Trinajstić information content (AvgIpc) is 2.53. The van der Waals surface area contributed by atoms with Crippen molar-refractivity contribution in [2.45, 2.75) is 17.7 Å². The first-order valence-electron chi connectivity index (χ1n) is 6.56. The molecule has 2 aromatic rings. The van der Waals surface area contributed by atoms with Gasteiger partial charge in [-0.3, -0.25) is 14.6 Å². The van der Waals surface area contributed by atoms with Crippen LogP contribution in [0.4, 0.5) is 5.69 Å². The highest BCUT2D eigenvalue weighted by Gasteiger charge is 2.09. The largest absolute Gasteiger partial charge is 0.326 e. The minimum atomic E-state index is -0.171. The lowest BCUT2D eigenvalue weighted by atomic mass is 10.1. The highest BCUT2D eigenvalue weighted by molar-refractivity contribution is 7.98. The van der Waals surface area contributed by atoms with Gasteiger partial charge in [-0.15, -0.1) is 11.8 Å². The van der Waals surface area contributed by atoms with Crippen LogP contribution in [0.25, 0.3) is 0 Å². The van der Waals surface area contributed by atoms with Gasteiger partial charge in [0.15, 0.2) is 5.78 Å². The molecule has 1 amide bonds. The fourth-order valence-electron chi connectivity index (χ4n) is 1.81. The van der Waals surface area contributed by atoms with E-state index >= 15 is 0 Å². The van der Waals surface area contributed by atoms with E-state index in [1.165, 1.54) is 0 Å². The van der Waals surface area contributed by atoms with E-state index in [9.17, 15) is 9.59 Å². The van der Waals surface area contributed by atoms with Gasteiger partial charge in [-0.25, -0.2) is 0 Å². The molecule has 0 aliphatic carbocycles. The van der Waals surface area contributed by atoms with Crippen LogP contribution in [0, 0.1) is 0 Å². The van der Waals surface area contributed by atoms with Crippen LogP contribution in [0.3, 0.4) is 0 Å². The van der Waals surface area contributed by atoms with Gasteiger partial charge < -0.3 is 5.32 Å². The maximum atomic E-state index is 12.0. The number of ketones is 1.